The van der Waals surface area contributed by atoms with Gasteiger partial charge in [0.15, 0.2) is 0 Å². The number of benzene rings is 1. The molecule has 0 aromatic heterocycles. The van der Waals surface area contributed by atoms with Gasteiger partial charge in [0.05, 0.1) is 12.7 Å². The monoisotopic (exact) mass is 311 g/mol. The summed E-state index contributed by atoms with van der Waals surface area (Å²) in [6.45, 7) is 2.41. The van der Waals surface area contributed by atoms with Crippen LogP contribution < -0.4 is 4.74 Å². The second kappa shape index (κ2) is 7.66. The van der Waals surface area contributed by atoms with Crippen molar-refractivity contribution >= 4 is 17.5 Å². The molecule has 4 nitrogen and oxygen atoms in total. The maximum Gasteiger partial charge on any atom is 0.257 e. The predicted molar refractivity (Wildman–Crippen MR) is 83.1 cm³/mol. The predicted octanol–water partition coefficient (Wildman–Crippen LogP) is 3.24. The fourth-order valence-corrected chi connectivity index (χ4v) is 2.74. The quantitative estimate of drug-likeness (QED) is 0.838. The number of rotatable bonds is 5. The van der Waals surface area contributed by atoms with Crippen LogP contribution in [0.15, 0.2) is 18.2 Å². The lowest BCUT2D eigenvalue weighted by Crippen LogP contribution is -2.30. The van der Waals surface area contributed by atoms with E-state index in [0.717, 1.165) is 39.0 Å². The minimum absolute atomic E-state index is 0.0543. The number of carbonyl (C=O) groups is 1. The van der Waals surface area contributed by atoms with Gasteiger partial charge in [-0.2, -0.15) is 0 Å². The van der Waals surface area contributed by atoms with Gasteiger partial charge >= 0.3 is 0 Å². The molecule has 1 aliphatic rings. The minimum Gasteiger partial charge on any atom is -0.496 e. The molecule has 0 bridgehead atoms. The SMILES string of the molecule is COc1ccc(Cl)cc1C(=O)N(C)CCC1CCOCC1. The molecule has 1 aromatic rings. The molecule has 0 atom stereocenters. The molecule has 1 fully saturated rings. The highest BCUT2D eigenvalue weighted by Gasteiger charge is 2.19. The summed E-state index contributed by atoms with van der Waals surface area (Å²) >= 11 is 5.98. The van der Waals surface area contributed by atoms with Crippen LogP contribution in [0, 0.1) is 5.92 Å². The van der Waals surface area contributed by atoms with Crippen LogP contribution in [0.1, 0.15) is 29.6 Å². The first-order valence-corrected chi connectivity index (χ1v) is 7.66. The average molecular weight is 312 g/mol. The van der Waals surface area contributed by atoms with E-state index in [-0.39, 0.29) is 5.91 Å². The Bertz CT molecular complexity index is 486. The van der Waals surface area contributed by atoms with Crippen LogP contribution >= 0.6 is 11.6 Å². The summed E-state index contributed by atoms with van der Waals surface area (Å²) < 4.78 is 10.6. The van der Waals surface area contributed by atoms with Gasteiger partial charge in [0, 0.05) is 31.8 Å². The summed E-state index contributed by atoms with van der Waals surface area (Å²) in [6, 6.07) is 5.11. The summed E-state index contributed by atoms with van der Waals surface area (Å²) in [5.74, 6) is 1.15. The van der Waals surface area contributed by atoms with Crippen LogP contribution in [-0.4, -0.2) is 44.7 Å². The molecule has 1 saturated heterocycles. The second-order valence-corrected chi connectivity index (χ2v) is 5.85. The van der Waals surface area contributed by atoms with E-state index in [9.17, 15) is 4.79 Å². The van der Waals surface area contributed by atoms with E-state index >= 15 is 0 Å². The Morgan fingerprint density at radius 3 is 2.81 bits per heavy atom. The Balaban J connectivity index is 1.96. The van der Waals surface area contributed by atoms with Crippen molar-refractivity contribution < 1.29 is 14.3 Å². The highest BCUT2D eigenvalue weighted by atomic mass is 35.5. The Hall–Kier alpha value is -1.26. The van der Waals surface area contributed by atoms with E-state index in [2.05, 4.69) is 0 Å². The average Bonchev–Trinajstić information content (AvgIpc) is 2.52. The lowest BCUT2D eigenvalue weighted by atomic mass is 9.96. The Morgan fingerprint density at radius 1 is 1.43 bits per heavy atom. The van der Waals surface area contributed by atoms with Crippen molar-refractivity contribution in [2.45, 2.75) is 19.3 Å². The number of nitrogens with zero attached hydrogens (tertiary/aromatic N) is 1. The third-order valence-corrected chi connectivity index (χ3v) is 4.19. The smallest absolute Gasteiger partial charge is 0.257 e. The van der Waals surface area contributed by atoms with Crippen LogP contribution in [0.4, 0.5) is 0 Å². The number of hydrogen-bond donors (Lipinski definition) is 0. The molecule has 116 valence electrons. The zero-order valence-corrected chi connectivity index (χ0v) is 13.4. The Morgan fingerprint density at radius 2 is 2.14 bits per heavy atom. The van der Waals surface area contributed by atoms with E-state index in [1.165, 1.54) is 0 Å². The lowest BCUT2D eigenvalue weighted by Gasteiger charge is -2.25. The Kier molecular flexibility index (Phi) is 5.88. The third kappa shape index (κ3) is 4.35. The first-order valence-electron chi connectivity index (χ1n) is 7.28. The van der Waals surface area contributed by atoms with Gasteiger partial charge in [-0.25, -0.2) is 0 Å². The topological polar surface area (TPSA) is 38.8 Å². The van der Waals surface area contributed by atoms with Crippen molar-refractivity contribution in [3.8, 4) is 5.75 Å². The van der Waals surface area contributed by atoms with Crippen LogP contribution in [0.3, 0.4) is 0 Å². The van der Waals surface area contributed by atoms with Gasteiger partial charge < -0.3 is 14.4 Å². The first kappa shape index (κ1) is 16.1. The molecule has 2 rings (SSSR count). The van der Waals surface area contributed by atoms with Gasteiger partial charge in [0.2, 0.25) is 0 Å². The number of amides is 1. The molecule has 1 heterocycles. The number of hydrogen-bond acceptors (Lipinski definition) is 3. The minimum atomic E-state index is -0.0543. The van der Waals surface area contributed by atoms with E-state index in [4.69, 9.17) is 21.1 Å². The van der Waals surface area contributed by atoms with Crippen molar-refractivity contribution in [2.24, 2.45) is 5.92 Å². The van der Waals surface area contributed by atoms with Crippen molar-refractivity contribution in [1.29, 1.82) is 0 Å². The maximum absolute atomic E-state index is 12.5. The highest BCUT2D eigenvalue weighted by molar-refractivity contribution is 6.31. The fraction of sp³-hybridized carbons (Fsp3) is 0.562. The van der Waals surface area contributed by atoms with Crippen LogP contribution in [0.2, 0.25) is 5.02 Å². The molecule has 0 N–H and O–H groups in total. The molecule has 0 unspecified atom stereocenters. The Labute approximate surface area is 131 Å². The zero-order valence-electron chi connectivity index (χ0n) is 12.6. The zero-order chi connectivity index (χ0) is 15.2. The molecular weight excluding hydrogens is 290 g/mol. The van der Waals surface area contributed by atoms with Gasteiger partial charge in [0.25, 0.3) is 5.91 Å². The van der Waals surface area contributed by atoms with Crippen molar-refractivity contribution in [1.82, 2.24) is 4.90 Å². The number of halogens is 1. The highest BCUT2D eigenvalue weighted by Crippen LogP contribution is 2.24. The summed E-state index contributed by atoms with van der Waals surface area (Å²) in [7, 11) is 3.38. The van der Waals surface area contributed by atoms with E-state index in [1.807, 2.05) is 7.05 Å². The van der Waals surface area contributed by atoms with Gasteiger partial charge in [0.1, 0.15) is 5.75 Å². The van der Waals surface area contributed by atoms with Gasteiger partial charge in [-0.3, -0.25) is 4.79 Å². The molecule has 5 heteroatoms. The number of methoxy groups -OCH3 is 1. The summed E-state index contributed by atoms with van der Waals surface area (Å²) in [4.78, 5) is 14.3. The third-order valence-electron chi connectivity index (χ3n) is 3.95. The van der Waals surface area contributed by atoms with Crippen molar-refractivity contribution in [2.75, 3.05) is 33.9 Å². The lowest BCUT2D eigenvalue weighted by molar-refractivity contribution is 0.0583. The summed E-state index contributed by atoms with van der Waals surface area (Å²) in [6.07, 6.45) is 3.18. The maximum atomic E-state index is 12.5. The normalized spacial score (nSPS) is 15.8. The van der Waals surface area contributed by atoms with Gasteiger partial charge in [-0.15, -0.1) is 0 Å². The van der Waals surface area contributed by atoms with E-state index < -0.39 is 0 Å². The summed E-state index contributed by atoms with van der Waals surface area (Å²) in [5.41, 5.74) is 0.513. The molecule has 21 heavy (non-hydrogen) atoms. The number of ether oxygens (including phenoxy) is 2. The van der Waals surface area contributed by atoms with E-state index in [0.29, 0.717) is 22.3 Å². The molecule has 0 spiro atoms. The fourth-order valence-electron chi connectivity index (χ4n) is 2.57. The van der Waals surface area contributed by atoms with E-state index in [1.54, 1.807) is 30.2 Å². The van der Waals surface area contributed by atoms with Gasteiger partial charge in [-0.1, -0.05) is 11.6 Å². The molecule has 1 aromatic carbocycles. The largest absolute Gasteiger partial charge is 0.496 e. The molecule has 1 amide bonds. The number of carbonyl (C=O) groups excluding carboxylic acids is 1. The molecule has 1 aliphatic heterocycles. The van der Waals surface area contributed by atoms with Crippen LogP contribution in [0.5, 0.6) is 5.75 Å². The van der Waals surface area contributed by atoms with Crippen LogP contribution in [-0.2, 0) is 4.74 Å². The standard InChI is InChI=1S/C16H22ClNO3/c1-18(8-5-12-6-9-21-10-7-12)16(19)14-11-13(17)3-4-15(14)20-2/h3-4,11-12H,5-10H2,1-2H3. The first-order chi connectivity index (χ1) is 10.1. The van der Waals surface area contributed by atoms with Crippen molar-refractivity contribution in [3.63, 3.8) is 0 Å². The second-order valence-electron chi connectivity index (χ2n) is 5.42. The summed E-state index contributed by atoms with van der Waals surface area (Å²) in [5, 5.41) is 0.539. The molecule has 0 saturated carbocycles. The molecular formula is C16H22ClNO3. The molecule has 0 radical (unpaired) electrons. The van der Waals surface area contributed by atoms with Gasteiger partial charge in [-0.05, 0) is 43.4 Å². The van der Waals surface area contributed by atoms with Crippen molar-refractivity contribution in [3.05, 3.63) is 28.8 Å². The van der Waals surface area contributed by atoms with Crippen LogP contribution in [0.25, 0.3) is 0 Å². The molecule has 0 aliphatic carbocycles.